The Bertz CT molecular complexity index is 658. The average molecular weight is 296 g/mol. The molecule has 2 rings (SSSR count). The van der Waals surface area contributed by atoms with Crippen LogP contribution in [0.1, 0.15) is 5.56 Å². The molecule has 0 spiro atoms. The number of aromatic nitrogens is 1. The van der Waals surface area contributed by atoms with Gasteiger partial charge in [0.05, 0.1) is 28.8 Å². The number of rotatable bonds is 2. The summed E-state index contributed by atoms with van der Waals surface area (Å²) in [6.45, 7) is 0. The van der Waals surface area contributed by atoms with Crippen molar-refractivity contribution >= 4 is 23.1 Å². The number of nitrogens with one attached hydrogen (secondary N) is 2. The number of alkyl halides is 3. The van der Waals surface area contributed by atoms with Gasteiger partial charge in [-0.2, -0.15) is 13.2 Å². The Morgan fingerprint density at radius 1 is 1.10 bits per heavy atom. The molecule has 0 saturated heterocycles. The van der Waals surface area contributed by atoms with Gasteiger partial charge in [0.25, 0.3) is 0 Å². The number of carbonyl (C=O) groups excluding carboxylic acids is 1. The van der Waals surface area contributed by atoms with Crippen LogP contribution in [0.15, 0.2) is 42.7 Å². The van der Waals surface area contributed by atoms with Crippen molar-refractivity contribution in [2.45, 2.75) is 6.18 Å². The van der Waals surface area contributed by atoms with Crippen LogP contribution in [-0.4, -0.2) is 11.0 Å². The summed E-state index contributed by atoms with van der Waals surface area (Å²) >= 11 is 0. The number of halogens is 3. The molecule has 0 aliphatic carbocycles. The zero-order valence-electron chi connectivity index (χ0n) is 10.6. The molecule has 0 radical (unpaired) electrons. The average Bonchev–Trinajstić information content (AvgIpc) is 2.41. The summed E-state index contributed by atoms with van der Waals surface area (Å²) in [5.74, 6) is 0. The van der Waals surface area contributed by atoms with Crippen molar-refractivity contribution in [2.24, 2.45) is 0 Å². The van der Waals surface area contributed by atoms with Gasteiger partial charge in [0, 0.05) is 6.20 Å². The minimum atomic E-state index is -4.56. The number of para-hydroxylation sites is 1. The van der Waals surface area contributed by atoms with Crippen LogP contribution in [0.25, 0.3) is 0 Å². The van der Waals surface area contributed by atoms with Gasteiger partial charge >= 0.3 is 12.2 Å². The minimum Gasteiger partial charge on any atom is -0.396 e. The second kappa shape index (κ2) is 5.70. The molecular weight excluding hydrogens is 285 g/mol. The Morgan fingerprint density at radius 2 is 1.76 bits per heavy atom. The highest BCUT2D eigenvalue weighted by Crippen LogP contribution is 2.34. The molecule has 5 nitrogen and oxygen atoms in total. The molecule has 0 aliphatic heterocycles. The summed E-state index contributed by atoms with van der Waals surface area (Å²) in [4.78, 5) is 15.5. The van der Waals surface area contributed by atoms with E-state index in [1.165, 1.54) is 30.6 Å². The number of nitrogens with zero attached hydrogens (tertiary/aromatic N) is 1. The first-order valence-electron chi connectivity index (χ1n) is 5.81. The molecule has 110 valence electrons. The molecule has 1 heterocycles. The number of nitrogens with two attached hydrogens (primary N) is 1. The Labute approximate surface area is 118 Å². The van der Waals surface area contributed by atoms with Gasteiger partial charge in [-0.3, -0.25) is 4.98 Å². The molecule has 1 aromatic carbocycles. The maximum absolute atomic E-state index is 12.8. The van der Waals surface area contributed by atoms with Gasteiger partial charge in [-0.1, -0.05) is 12.1 Å². The third-order valence-electron chi connectivity index (χ3n) is 2.58. The molecule has 2 amide bonds. The third-order valence-corrected chi connectivity index (χ3v) is 2.58. The summed E-state index contributed by atoms with van der Waals surface area (Å²) in [5, 5.41) is 4.50. The van der Waals surface area contributed by atoms with Gasteiger partial charge in [-0.15, -0.1) is 0 Å². The van der Waals surface area contributed by atoms with Crippen LogP contribution in [0.2, 0.25) is 0 Å². The van der Waals surface area contributed by atoms with E-state index < -0.39 is 17.8 Å². The van der Waals surface area contributed by atoms with Gasteiger partial charge in [-0.05, 0) is 18.2 Å². The normalized spacial score (nSPS) is 11.0. The second-order valence-electron chi connectivity index (χ2n) is 4.09. The van der Waals surface area contributed by atoms with Gasteiger partial charge in [0.15, 0.2) is 0 Å². The summed E-state index contributed by atoms with van der Waals surface area (Å²) in [5.41, 5.74) is 4.77. The van der Waals surface area contributed by atoms with Gasteiger partial charge in [0.2, 0.25) is 0 Å². The molecule has 0 aliphatic rings. The topological polar surface area (TPSA) is 80.0 Å². The highest BCUT2D eigenvalue weighted by atomic mass is 19.4. The number of benzene rings is 1. The number of hydrogen-bond acceptors (Lipinski definition) is 3. The number of anilines is 3. The fraction of sp³-hybridized carbons (Fsp3) is 0.0769. The van der Waals surface area contributed by atoms with Crippen LogP contribution in [-0.2, 0) is 6.18 Å². The third kappa shape index (κ3) is 3.62. The van der Waals surface area contributed by atoms with E-state index in [-0.39, 0.29) is 17.1 Å². The molecule has 0 saturated carbocycles. The van der Waals surface area contributed by atoms with Crippen molar-refractivity contribution in [1.29, 1.82) is 0 Å². The smallest absolute Gasteiger partial charge is 0.396 e. The predicted octanol–water partition coefficient (Wildman–Crippen LogP) is 3.33. The second-order valence-corrected chi connectivity index (χ2v) is 4.09. The van der Waals surface area contributed by atoms with Crippen molar-refractivity contribution in [2.75, 3.05) is 16.4 Å². The number of nitrogen functional groups attached to an aromatic ring is 1. The first-order valence-corrected chi connectivity index (χ1v) is 5.81. The molecule has 0 fully saturated rings. The molecule has 4 N–H and O–H groups in total. The zero-order chi connectivity index (χ0) is 15.5. The fourth-order valence-corrected chi connectivity index (χ4v) is 1.64. The minimum absolute atomic E-state index is 0.205. The highest BCUT2D eigenvalue weighted by Gasteiger charge is 2.33. The van der Waals surface area contributed by atoms with Crippen molar-refractivity contribution in [3.8, 4) is 0 Å². The summed E-state index contributed by atoms with van der Waals surface area (Å²) in [6, 6.07) is 5.29. The van der Waals surface area contributed by atoms with Crippen LogP contribution >= 0.6 is 0 Å². The monoisotopic (exact) mass is 296 g/mol. The standard InChI is InChI=1S/C13H11F3N4O/c14-13(15,16)8-3-1-2-4-10(8)19-12(21)20-11-5-6-18-7-9(11)17/h1-7H,17H2,(H2,18,19,20,21). The van der Waals surface area contributed by atoms with E-state index >= 15 is 0 Å². The van der Waals surface area contributed by atoms with Crippen molar-refractivity contribution in [3.05, 3.63) is 48.3 Å². The SMILES string of the molecule is Nc1cnccc1NC(=O)Nc1ccccc1C(F)(F)F. The molecule has 2 aromatic rings. The Kier molecular flexibility index (Phi) is 3.97. The lowest BCUT2D eigenvalue weighted by Crippen LogP contribution is -2.22. The van der Waals surface area contributed by atoms with E-state index in [4.69, 9.17) is 5.73 Å². The van der Waals surface area contributed by atoms with Crippen LogP contribution in [0, 0.1) is 0 Å². The summed E-state index contributed by atoms with van der Waals surface area (Å²) in [7, 11) is 0. The molecule has 8 heteroatoms. The Morgan fingerprint density at radius 3 is 2.43 bits per heavy atom. The van der Waals surface area contributed by atoms with Crippen molar-refractivity contribution < 1.29 is 18.0 Å². The first-order chi connectivity index (χ1) is 9.88. The van der Waals surface area contributed by atoms with E-state index in [1.54, 1.807) is 0 Å². The quantitative estimate of drug-likeness (QED) is 0.795. The van der Waals surface area contributed by atoms with Gasteiger partial charge in [-0.25, -0.2) is 4.79 Å². The zero-order valence-corrected chi connectivity index (χ0v) is 10.6. The lowest BCUT2D eigenvalue weighted by Gasteiger charge is -2.14. The van der Waals surface area contributed by atoms with E-state index in [0.717, 1.165) is 12.1 Å². The Hall–Kier alpha value is -2.77. The Balaban J connectivity index is 2.16. The lowest BCUT2D eigenvalue weighted by molar-refractivity contribution is -0.136. The fourth-order valence-electron chi connectivity index (χ4n) is 1.64. The molecule has 0 unspecified atom stereocenters. The lowest BCUT2D eigenvalue weighted by atomic mass is 10.1. The molecule has 1 aromatic heterocycles. The van der Waals surface area contributed by atoms with E-state index in [1.807, 2.05) is 0 Å². The maximum Gasteiger partial charge on any atom is 0.418 e. The number of urea groups is 1. The predicted molar refractivity (Wildman–Crippen MR) is 72.7 cm³/mol. The number of carbonyl (C=O) groups is 1. The molecular formula is C13H11F3N4O. The van der Waals surface area contributed by atoms with Crippen molar-refractivity contribution in [3.63, 3.8) is 0 Å². The number of pyridine rings is 1. The van der Waals surface area contributed by atoms with Gasteiger partial charge < -0.3 is 16.4 Å². The highest BCUT2D eigenvalue weighted by molar-refractivity contribution is 6.01. The maximum atomic E-state index is 12.8. The van der Waals surface area contributed by atoms with Gasteiger partial charge in [0.1, 0.15) is 0 Å². The van der Waals surface area contributed by atoms with Crippen LogP contribution in [0.4, 0.5) is 35.0 Å². The van der Waals surface area contributed by atoms with Crippen LogP contribution < -0.4 is 16.4 Å². The van der Waals surface area contributed by atoms with E-state index in [0.29, 0.717) is 0 Å². The van der Waals surface area contributed by atoms with Crippen LogP contribution in [0.5, 0.6) is 0 Å². The van der Waals surface area contributed by atoms with Crippen LogP contribution in [0.3, 0.4) is 0 Å². The molecule has 21 heavy (non-hydrogen) atoms. The summed E-state index contributed by atoms with van der Waals surface area (Å²) < 4.78 is 38.4. The number of amides is 2. The number of hydrogen-bond donors (Lipinski definition) is 3. The van der Waals surface area contributed by atoms with Crippen molar-refractivity contribution in [1.82, 2.24) is 4.98 Å². The summed E-state index contributed by atoms with van der Waals surface area (Å²) in [6.07, 6.45) is -1.84. The molecule has 0 atom stereocenters. The molecule has 0 bridgehead atoms. The van der Waals surface area contributed by atoms with E-state index in [2.05, 4.69) is 15.6 Å². The van der Waals surface area contributed by atoms with E-state index in [9.17, 15) is 18.0 Å². The largest absolute Gasteiger partial charge is 0.418 e. The first kappa shape index (κ1) is 14.6.